The summed E-state index contributed by atoms with van der Waals surface area (Å²) in [6.45, 7) is 4.10. The van der Waals surface area contributed by atoms with Gasteiger partial charge in [-0.2, -0.15) is 4.98 Å². The van der Waals surface area contributed by atoms with Gasteiger partial charge in [0, 0.05) is 13.1 Å². The number of nitriles is 1. The average molecular weight is 268 g/mol. The molecule has 3 rings (SSSR count). The molecule has 0 aliphatic carbocycles. The minimum atomic E-state index is -0.229. The van der Waals surface area contributed by atoms with Crippen molar-refractivity contribution in [3.8, 4) is 6.57 Å². The minimum absolute atomic E-state index is 0.229. The van der Waals surface area contributed by atoms with Gasteiger partial charge in [-0.1, -0.05) is 30.3 Å². The summed E-state index contributed by atoms with van der Waals surface area (Å²) in [6, 6.07) is 9.88. The van der Waals surface area contributed by atoms with Gasteiger partial charge in [-0.3, -0.25) is 9.78 Å². The first-order chi connectivity index (χ1) is 9.83. The van der Waals surface area contributed by atoms with Crippen LogP contribution in [0.2, 0.25) is 0 Å². The molecule has 0 fully saturated rings. The highest BCUT2D eigenvalue weighted by Gasteiger charge is 2.04. The Bertz CT molecular complexity index is 758. The minimum Gasteiger partial charge on any atom is -0.352 e. The van der Waals surface area contributed by atoms with Gasteiger partial charge in [0.15, 0.2) is 11.2 Å². The van der Waals surface area contributed by atoms with Gasteiger partial charge in [0.1, 0.15) is 0 Å². The van der Waals surface area contributed by atoms with Gasteiger partial charge in [0.2, 0.25) is 5.95 Å². The number of hydrogen-bond donors (Lipinski definition) is 3. The van der Waals surface area contributed by atoms with E-state index in [0.717, 1.165) is 5.56 Å². The van der Waals surface area contributed by atoms with Crippen molar-refractivity contribution in [2.75, 3.05) is 5.32 Å². The topological polar surface area (TPSA) is 110 Å². The number of rotatable bonds is 3. The van der Waals surface area contributed by atoms with Crippen LogP contribution in [0, 0.1) is 11.8 Å². The molecule has 0 aliphatic rings. The normalized spacial score (nSPS) is 9.70. The van der Waals surface area contributed by atoms with E-state index in [-0.39, 0.29) is 5.56 Å². The van der Waals surface area contributed by atoms with E-state index < -0.39 is 0 Å². The molecule has 0 bridgehead atoms. The predicted molar refractivity (Wildman–Crippen MR) is 74.9 cm³/mol. The molecule has 2 heterocycles. The first kappa shape index (κ1) is 13.3. The van der Waals surface area contributed by atoms with Crippen molar-refractivity contribution in [2.45, 2.75) is 6.54 Å². The highest BCUT2D eigenvalue weighted by molar-refractivity contribution is 5.69. The Labute approximate surface area is 114 Å². The van der Waals surface area contributed by atoms with Crippen LogP contribution in [0.4, 0.5) is 5.95 Å². The molecule has 7 heteroatoms. The summed E-state index contributed by atoms with van der Waals surface area (Å²) in [5, 5.41) is 9.56. The number of aromatic amines is 2. The standard InChI is InChI=1S/C12H11N5O.CHN/c18-11-9-10(15-7-14-9)16-12(17-11)13-6-8-4-2-1-3-5-8;1-2/h1-5,7H,6H2,(H3,13,14,15,16,17,18);1H. The Kier molecular flexibility index (Phi) is 4.09. The molecular weight excluding hydrogens is 256 g/mol. The fourth-order valence-electron chi connectivity index (χ4n) is 1.71. The van der Waals surface area contributed by atoms with Gasteiger partial charge < -0.3 is 10.3 Å². The van der Waals surface area contributed by atoms with Crippen LogP contribution < -0.4 is 10.9 Å². The maximum atomic E-state index is 11.7. The molecular formula is C13H12N6O. The van der Waals surface area contributed by atoms with E-state index in [1.807, 2.05) is 30.3 Å². The molecule has 0 spiro atoms. The number of H-pyrrole nitrogens is 2. The Balaban J connectivity index is 0.000000704. The molecule has 7 nitrogen and oxygen atoms in total. The summed E-state index contributed by atoms with van der Waals surface area (Å²) in [4.78, 5) is 25.2. The van der Waals surface area contributed by atoms with Crippen LogP contribution in [-0.4, -0.2) is 19.9 Å². The molecule has 3 aromatic rings. The largest absolute Gasteiger partial charge is 0.352 e. The molecule has 0 saturated carbocycles. The van der Waals surface area contributed by atoms with Crippen LogP contribution in [0.15, 0.2) is 41.5 Å². The number of benzene rings is 1. The SMILES string of the molecule is C#N.O=c1[nH]c(NCc2ccccc2)nc2nc[nH]c12. The van der Waals surface area contributed by atoms with Crippen LogP contribution in [-0.2, 0) is 6.54 Å². The monoisotopic (exact) mass is 268 g/mol. The van der Waals surface area contributed by atoms with Gasteiger partial charge >= 0.3 is 0 Å². The van der Waals surface area contributed by atoms with Crippen LogP contribution in [0.3, 0.4) is 0 Å². The van der Waals surface area contributed by atoms with Gasteiger partial charge in [0.25, 0.3) is 5.56 Å². The predicted octanol–water partition coefficient (Wildman–Crippen LogP) is 1.40. The van der Waals surface area contributed by atoms with Crippen molar-refractivity contribution < 1.29 is 0 Å². The summed E-state index contributed by atoms with van der Waals surface area (Å²) in [5.74, 6) is 0.420. The smallest absolute Gasteiger partial charge is 0.278 e. The highest BCUT2D eigenvalue weighted by atomic mass is 16.1. The lowest BCUT2D eigenvalue weighted by Gasteiger charge is -2.04. The average Bonchev–Trinajstić information content (AvgIpc) is 2.97. The van der Waals surface area contributed by atoms with Crippen LogP contribution in [0.5, 0.6) is 0 Å². The summed E-state index contributed by atoms with van der Waals surface area (Å²) in [6.07, 6.45) is 1.45. The summed E-state index contributed by atoms with van der Waals surface area (Å²) >= 11 is 0. The van der Waals surface area contributed by atoms with Crippen LogP contribution >= 0.6 is 0 Å². The number of nitrogens with zero attached hydrogens (tertiary/aromatic N) is 3. The molecule has 100 valence electrons. The molecule has 0 radical (unpaired) electrons. The third-order valence-corrected chi connectivity index (χ3v) is 2.60. The second-order valence-corrected chi connectivity index (χ2v) is 3.85. The Morgan fingerprint density at radius 1 is 1.25 bits per heavy atom. The second kappa shape index (κ2) is 6.15. The fraction of sp³-hybridized carbons (Fsp3) is 0.0769. The first-order valence-electron chi connectivity index (χ1n) is 5.80. The van der Waals surface area contributed by atoms with E-state index in [0.29, 0.717) is 23.7 Å². The molecule has 0 saturated heterocycles. The second-order valence-electron chi connectivity index (χ2n) is 3.85. The lowest BCUT2D eigenvalue weighted by atomic mass is 10.2. The molecule has 0 unspecified atom stereocenters. The third kappa shape index (κ3) is 2.81. The molecule has 0 amide bonds. The molecule has 2 aromatic heterocycles. The zero-order valence-electron chi connectivity index (χ0n) is 10.5. The van der Waals surface area contributed by atoms with Gasteiger partial charge in [-0.05, 0) is 5.56 Å². The number of anilines is 1. The van der Waals surface area contributed by atoms with Crippen molar-refractivity contribution >= 4 is 17.1 Å². The maximum absolute atomic E-state index is 11.7. The summed E-state index contributed by atoms with van der Waals surface area (Å²) < 4.78 is 0. The van der Waals surface area contributed by atoms with Gasteiger partial charge in [0.05, 0.1) is 6.33 Å². The van der Waals surface area contributed by atoms with E-state index in [1.54, 1.807) is 0 Å². The third-order valence-electron chi connectivity index (χ3n) is 2.60. The number of imidazole rings is 1. The van der Waals surface area contributed by atoms with Crippen molar-refractivity contribution in [3.05, 3.63) is 52.6 Å². The zero-order chi connectivity index (χ0) is 14.4. The number of hydrogen-bond acceptors (Lipinski definition) is 5. The lowest BCUT2D eigenvalue weighted by molar-refractivity contribution is 1.05. The first-order valence-corrected chi connectivity index (χ1v) is 5.80. The van der Waals surface area contributed by atoms with E-state index in [2.05, 4.69) is 31.8 Å². The van der Waals surface area contributed by atoms with E-state index in [1.165, 1.54) is 6.33 Å². The van der Waals surface area contributed by atoms with Crippen molar-refractivity contribution in [1.29, 1.82) is 5.26 Å². The quantitative estimate of drug-likeness (QED) is 0.665. The van der Waals surface area contributed by atoms with E-state index >= 15 is 0 Å². The molecule has 20 heavy (non-hydrogen) atoms. The molecule has 0 atom stereocenters. The molecule has 3 N–H and O–H groups in total. The summed E-state index contributed by atoms with van der Waals surface area (Å²) in [5.41, 5.74) is 1.69. The maximum Gasteiger partial charge on any atom is 0.278 e. The fourth-order valence-corrected chi connectivity index (χ4v) is 1.71. The highest BCUT2D eigenvalue weighted by Crippen LogP contribution is 2.05. The van der Waals surface area contributed by atoms with Gasteiger partial charge in [-0.15, -0.1) is 0 Å². The van der Waals surface area contributed by atoms with Crippen molar-refractivity contribution in [1.82, 2.24) is 19.9 Å². The van der Waals surface area contributed by atoms with Crippen LogP contribution in [0.25, 0.3) is 11.2 Å². The molecule has 1 aromatic carbocycles. The summed E-state index contributed by atoms with van der Waals surface area (Å²) in [7, 11) is 0. The van der Waals surface area contributed by atoms with Crippen molar-refractivity contribution in [3.63, 3.8) is 0 Å². The van der Waals surface area contributed by atoms with Crippen molar-refractivity contribution in [2.24, 2.45) is 0 Å². The Hall–Kier alpha value is -3.14. The lowest BCUT2D eigenvalue weighted by Crippen LogP contribution is -2.13. The molecule has 0 aliphatic heterocycles. The number of aromatic nitrogens is 4. The Morgan fingerprint density at radius 3 is 2.75 bits per heavy atom. The van der Waals surface area contributed by atoms with E-state index in [9.17, 15) is 4.79 Å². The van der Waals surface area contributed by atoms with Crippen LogP contribution in [0.1, 0.15) is 5.56 Å². The number of nitrogens with one attached hydrogen (secondary N) is 3. The zero-order valence-corrected chi connectivity index (χ0v) is 10.5. The van der Waals surface area contributed by atoms with E-state index in [4.69, 9.17) is 5.26 Å². The Morgan fingerprint density at radius 2 is 2.00 bits per heavy atom. The number of fused-ring (bicyclic) bond motifs is 1. The van der Waals surface area contributed by atoms with Gasteiger partial charge in [-0.25, -0.2) is 10.2 Å².